The molecule has 0 saturated carbocycles. The van der Waals surface area contributed by atoms with Gasteiger partial charge in [0, 0.05) is 13.2 Å². The highest BCUT2D eigenvalue weighted by Gasteiger charge is 2.14. The fourth-order valence-electron chi connectivity index (χ4n) is 1.90. The van der Waals surface area contributed by atoms with Crippen LogP contribution in [0, 0.1) is 5.92 Å². The molecular weight excluding hydrogens is 206 g/mol. The number of esters is 1. The zero-order valence-corrected chi connectivity index (χ0v) is 10.3. The van der Waals surface area contributed by atoms with E-state index in [-0.39, 0.29) is 11.9 Å². The second-order valence-electron chi connectivity index (χ2n) is 4.41. The van der Waals surface area contributed by atoms with Crippen LogP contribution in [0.3, 0.4) is 0 Å². The number of ether oxygens (including phenoxy) is 2. The van der Waals surface area contributed by atoms with E-state index in [2.05, 4.69) is 10.1 Å². The molecule has 1 aliphatic heterocycles. The maximum atomic E-state index is 11.1. The van der Waals surface area contributed by atoms with Gasteiger partial charge in [0.25, 0.3) is 0 Å². The molecule has 16 heavy (non-hydrogen) atoms. The van der Waals surface area contributed by atoms with E-state index in [4.69, 9.17) is 4.74 Å². The molecule has 1 saturated heterocycles. The Labute approximate surface area is 97.7 Å². The lowest BCUT2D eigenvalue weighted by Crippen LogP contribution is -2.30. The van der Waals surface area contributed by atoms with Gasteiger partial charge in [0.2, 0.25) is 0 Å². The molecule has 0 aliphatic carbocycles. The number of rotatable bonds is 6. The Bertz CT molecular complexity index is 202. The Morgan fingerprint density at radius 1 is 1.56 bits per heavy atom. The molecule has 2 atom stereocenters. The van der Waals surface area contributed by atoms with Crippen LogP contribution in [0.4, 0.5) is 0 Å². The molecule has 4 heteroatoms. The van der Waals surface area contributed by atoms with Gasteiger partial charge in [-0.05, 0) is 32.2 Å². The molecule has 1 fully saturated rings. The summed E-state index contributed by atoms with van der Waals surface area (Å²) in [5.41, 5.74) is 0. The van der Waals surface area contributed by atoms with E-state index in [0.29, 0.717) is 12.6 Å². The summed E-state index contributed by atoms with van der Waals surface area (Å²) in [5.74, 6) is -0.223. The Kier molecular flexibility index (Phi) is 6.42. The zero-order chi connectivity index (χ0) is 11.8. The van der Waals surface area contributed by atoms with Crippen molar-refractivity contribution in [2.24, 2.45) is 5.92 Å². The van der Waals surface area contributed by atoms with Gasteiger partial charge >= 0.3 is 5.97 Å². The summed E-state index contributed by atoms with van der Waals surface area (Å²) in [6, 6.07) is 0. The molecule has 1 rings (SSSR count). The first-order chi connectivity index (χ1) is 7.74. The van der Waals surface area contributed by atoms with E-state index in [9.17, 15) is 4.79 Å². The van der Waals surface area contributed by atoms with Crippen LogP contribution in [0.25, 0.3) is 0 Å². The average Bonchev–Trinajstić information content (AvgIpc) is 2.34. The molecular formula is C12H23NO3. The molecule has 0 aromatic rings. The van der Waals surface area contributed by atoms with Crippen molar-refractivity contribution in [2.75, 3.05) is 26.8 Å². The van der Waals surface area contributed by atoms with Crippen LogP contribution in [0.1, 0.15) is 32.6 Å². The molecule has 0 bridgehead atoms. The van der Waals surface area contributed by atoms with Crippen LogP contribution in [-0.2, 0) is 14.3 Å². The fraction of sp³-hybridized carbons (Fsp3) is 0.917. The first-order valence-corrected chi connectivity index (χ1v) is 6.14. The Morgan fingerprint density at radius 3 is 3.00 bits per heavy atom. The molecule has 2 unspecified atom stereocenters. The number of nitrogens with one attached hydrogen (secondary N) is 1. The number of methoxy groups -OCH3 is 1. The highest BCUT2D eigenvalue weighted by molar-refractivity contribution is 5.71. The van der Waals surface area contributed by atoms with Crippen molar-refractivity contribution in [2.45, 2.75) is 38.7 Å². The van der Waals surface area contributed by atoms with Crippen molar-refractivity contribution >= 4 is 5.97 Å². The summed E-state index contributed by atoms with van der Waals surface area (Å²) in [4.78, 5) is 11.1. The van der Waals surface area contributed by atoms with Gasteiger partial charge in [-0.2, -0.15) is 0 Å². The third-order valence-corrected chi connectivity index (χ3v) is 2.97. The number of hydrogen-bond acceptors (Lipinski definition) is 4. The van der Waals surface area contributed by atoms with Crippen LogP contribution in [0.15, 0.2) is 0 Å². The normalized spacial score (nSPS) is 22.8. The smallest absolute Gasteiger partial charge is 0.309 e. The summed E-state index contributed by atoms with van der Waals surface area (Å²) in [6.07, 6.45) is 5.10. The lowest BCUT2D eigenvalue weighted by atomic mass is 10.1. The van der Waals surface area contributed by atoms with Crippen LogP contribution >= 0.6 is 0 Å². The second-order valence-corrected chi connectivity index (χ2v) is 4.41. The summed E-state index contributed by atoms with van der Waals surface area (Å²) < 4.78 is 10.3. The van der Waals surface area contributed by atoms with Gasteiger partial charge in [0.05, 0.1) is 19.1 Å². The molecule has 0 amide bonds. The van der Waals surface area contributed by atoms with Crippen molar-refractivity contribution in [3.63, 3.8) is 0 Å². The number of carbonyl (C=O) groups excluding carboxylic acids is 1. The van der Waals surface area contributed by atoms with Crippen LogP contribution in [-0.4, -0.2) is 38.9 Å². The maximum Gasteiger partial charge on any atom is 0.309 e. The van der Waals surface area contributed by atoms with Crippen LogP contribution < -0.4 is 5.32 Å². The van der Waals surface area contributed by atoms with Crippen molar-refractivity contribution in [3.05, 3.63) is 0 Å². The van der Waals surface area contributed by atoms with Gasteiger partial charge in [-0.1, -0.05) is 6.92 Å². The molecule has 0 radical (unpaired) electrons. The minimum absolute atomic E-state index is 0.0720. The minimum Gasteiger partial charge on any atom is -0.469 e. The summed E-state index contributed by atoms with van der Waals surface area (Å²) in [5, 5.41) is 3.27. The van der Waals surface area contributed by atoms with Crippen LogP contribution in [0.2, 0.25) is 0 Å². The Balaban J connectivity index is 2.00. The van der Waals surface area contributed by atoms with Crippen LogP contribution in [0.5, 0.6) is 0 Å². The minimum atomic E-state index is -0.151. The van der Waals surface area contributed by atoms with E-state index in [1.54, 1.807) is 0 Å². The monoisotopic (exact) mass is 229 g/mol. The summed E-state index contributed by atoms with van der Waals surface area (Å²) >= 11 is 0. The maximum absolute atomic E-state index is 11.1. The van der Waals surface area contributed by atoms with Gasteiger partial charge in [-0.3, -0.25) is 4.79 Å². The number of carbonyl (C=O) groups is 1. The fourth-order valence-corrected chi connectivity index (χ4v) is 1.90. The molecule has 0 spiro atoms. The SMILES string of the molecule is COC(=O)C(C)CNCCC1CCCCO1. The molecule has 94 valence electrons. The first-order valence-electron chi connectivity index (χ1n) is 6.14. The van der Waals surface area contributed by atoms with E-state index >= 15 is 0 Å². The first kappa shape index (κ1) is 13.5. The van der Waals surface area contributed by atoms with Crippen molar-refractivity contribution in [3.8, 4) is 0 Å². The van der Waals surface area contributed by atoms with Crippen molar-refractivity contribution < 1.29 is 14.3 Å². The Morgan fingerprint density at radius 2 is 2.38 bits per heavy atom. The van der Waals surface area contributed by atoms with Crippen molar-refractivity contribution in [1.29, 1.82) is 0 Å². The van der Waals surface area contributed by atoms with Gasteiger partial charge in [-0.25, -0.2) is 0 Å². The van der Waals surface area contributed by atoms with Crippen molar-refractivity contribution in [1.82, 2.24) is 5.32 Å². The average molecular weight is 229 g/mol. The van der Waals surface area contributed by atoms with E-state index in [1.165, 1.54) is 26.4 Å². The summed E-state index contributed by atoms with van der Waals surface area (Å²) in [7, 11) is 1.43. The van der Waals surface area contributed by atoms with Gasteiger partial charge in [-0.15, -0.1) is 0 Å². The molecule has 1 aliphatic rings. The molecule has 1 N–H and O–H groups in total. The van der Waals surface area contributed by atoms with E-state index < -0.39 is 0 Å². The number of hydrogen-bond donors (Lipinski definition) is 1. The summed E-state index contributed by atoms with van der Waals surface area (Å²) in [6.45, 7) is 4.37. The Hall–Kier alpha value is -0.610. The molecule has 4 nitrogen and oxygen atoms in total. The van der Waals surface area contributed by atoms with Gasteiger partial charge < -0.3 is 14.8 Å². The van der Waals surface area contributed by atoms with E-state index in [1.807, 2.05) is 6.92 Å². The lowest BCUT2D eigenvalue weighted by molar-refractivity contribution is -0.144. The van der Waals surface area contributed by atoms with Gasteiger partial charge in [0.15, 0.2) is 0 Å². The van der Waals surface area contributed by atoms with Gasteiger partial charge in [0.1, 0.15) is 0 Å². The third-order valence-electron chi connectivity index (χ3n) is 2.97. The topological polar surface area (TPSA) is 47.6 Å². The molecule has 1 heterocycles. The third kappa shape index (κ3) is 4.94. The molecule has 0 aromatic heterocycles. The highest BCUT2D eigenvalue weighted by atomic mass is 16.5. The standard InChI is InChI=1S/C12H23NO3/c1-10(12(14)15-2)9-13-7-6-11-5-3-4-8-16-11/h10-11,13H,3-9H2,1-2H3. The zero-order valence-electron chi connectivity index (χ0n) is 10.3. The second kappa shape index (κ2) is 7.63. The largest absolute Gasteiger partial charge is 0.469 e. The highest BCUT2D eigenvalue weighted by Crippen LogP contribution is 2.14. The predicted molar refractivity (Wildman–Crippen MR) is 62.3 cm³/mol. The quantitative estimate of drug-likeness (QED) is 0.551. The molecule has 0 aromatic carbocycles. The lowest BCUT2D eigenvalue weighted by Gasteiger charge is -2.22. The predicted octanol–water partition coefficient (Wildman–Crippen LogP) is 1.34. The van der Waals surface area contributed by atoms with E-state index in [0.717, 1.165) is 19.6 Å².